The zero-order valence-electron chi connectivity index (χ0n) is 16.1. The Morgan fingerprint density at radius 3 is 2.67 bits per heavy atom. The first kappa shape index (κ1) is 24.1. The van der Waals surface area contributed by atoms with Crippen LogP contribution in [0.3, 0.4) is 0 Å². The Hall–Kier alpha value is -0.920. The van der Waals surface area contributed by atoms with Crippen LogP contribution in [0.25, 0.3) is 0 Å². The fourth-order valence-electron chi connectivity index (χ4n) is 2.56. The summed E-state index contributed by atoms with van der Waals surface area (Å²) in [5, 5.41) is 6.02. The predicted molar refractivity (Wildman–Crippen MR) is 115 cm³/mol. The number of oxazole rings is 1. The number of nitrogens with one attached hydrogen (secondary N) is 3. The van der Waals surface area contributed by atoms with E-state index >= 15 is 0 Å². The third-order valence-corrected chi connectivity index (χ3v) is 5.52. The smallest absolute Gasteiger partial charge is 0.214 e. The number of nitrogens with zero attached hydrogens (tertiary/aromatic N) is 2. The highest BCUT2D eigenvalue weighted by Gasteiger charge is 2.17. The molecule has 0 spiro atoms. The van der Waals surface area contributed by atoms with Crippen LogP contribution < -0.4 is 15.4 Å². The molecule has 1 aromatic heterocycles. The molecule has 27 heavy (non-hydrogen) atoms. The van der Waals surface area contributed by atoms with E-state index in [0.717, 1.165) is 30.7 Å². The molecule has 11 heteroatoms. The van der Waals surface area contributed by atoms with E-state index in [1.165, 1.54) is 0 Å². The fraction of sp³-hybridized carbons (Fsp3) is 0.750. The van der Waals surface area contributed by atoms with E-state index in [1.54, 1.807) is 7.05 Å². The number of aromatic nitrogens is 1. The normalized spacial score (nSPS) is 18.0. The van der Waals surface area contributed by atoms with Gasteiger partial charge in [0.15, 0.2) is 5.96 Å². The van der Waals surface area contributed by atoms with Crippen molar-refractivity contribution >= 4 is 40.0 Å². The summed E-state index contributed by atoms with van der Waals surface area (Å²) in [6.45, 7) is 5.39. The van der Waals surface area contributed by atoms with Gasteiger partial charge in [-0.3, -0.25) is 4.99 Å². The molecule has 1 aromatic rings. The lowest BCUT2D eigenvalue weighted by Gasteiger charge is -2.22. The highest BCUT2D eigenvalue weighted by molar-refractivity contribution is 14.0. The number of aryl methyl sites for hydroxylation is 2. The number of sulfonamides is 1. The molecule has 1 aliphatic heterocycles. The molecule has 2 rings (SSSR count). The average molecular weight is 515 g/mol. The van der Waals surface area contributed by atoms with Crippen LogP contribution in [0.5, 0.6) is 0 Å². The van der Waals surface area contributed by atoms with Crippen molar-refractivity contribution in [2.45, 2.75) is 45.8 Å². The van der Waals surface area contributed by atoms with E-state index in [0.29, 0.717) is 31.5 Å². The number of rotatable bonds is 8. The van der Waals surface area contributed by atoms with Gasteiger partial charge in [-0.25, -0.2) is 18.1 Å². The SMILES string of the molecule is CN=C(NCCS(=O)(=O)NCC1CCCCO1)NCc1nc(C)c(C)o1.I. The monoisotopic (exact) mass is 515 g/mol. The van der Waals surface area contributed by atoms with Crippen molar-refractivity contribution < 1.29 is 17.6 Å². The summed E-state index contributed by atoms with van der Waals surface area (Å²) in [5.41, 5.74) is 0.851. The number of hydrogen-bond donors (Lipinski definition) is 3. The van der Waals surface area contributed by atoms with Crippen molar-refractivity contribution in [1.82, 2.24) is 20.3 Å². The van der Waals surface area contributed by atoms with Crippen LogP contribution in [-0.4, -0.2) is 58.0 Å². The van der Waals surface area contributed by atoms with Gasteiger partial charge in [-0.05, 0) is 33.1 Å². The summed E-state index contributed by atoms with van der Waals surface area (Å²) in [4.78, 5) is 8.34. The van der Waals surface area contributed by atoms with Gasteiger partial charge < -0.3 is 19.8 Å². The topological polar surface area (TPSA) is 118 Å². The maximum absolute atomic E-state index is 12.1. The van der Waals surface area contributed by atoms with Gasteiger partial charge in [0.05, 0.1) is 24.1 Å². The van der Waals surface area contributed by atoms with Gasteiger partial charge in [-0.1, -0.05) is 0 Å². The molecule has 9 nitrogen and oxygen atoms in total. The summed E-state index contributed by atoms with van der Waals surface area (Å²) in [7, 11) is -1.74. The van der Waals surface area contributed by atoms with Crippen molar-refractivity contribution in [1.29, 1.82) is 0 Å². The molecule has 1 aliphatic rings. The first-order chi connectivity index (χ1) is 12.4. The maximum atomic E-state index is 12.1. The maximum Gasteiger partial charge on any atom is 0.214 e. The first-order valence-electron chi connectivity index (χ1n) is 8.86. The summed E-state index contributed by atoms with van der Waals surface area (Å²) >= 11 is 0. The highest BCUT2D eigenvalue weighted by atomic mass is 127. The van der Waals surface area contributed by atoms with Crippen LogP contribution in [0, 0.1) is 13.8 Å². The molecular weight excluding hydrogens is 485 g/mol. The number of halogens is 1. The fourth-order valence-corrected chi connectivity index (χ4v) is 3.51. The van der Waals surface area contributed by atoms with E-state index in [1.807, 2.05) is 13.8 Å². The van der Waals surface area contributed by atoms with Gasteiger partial charge >= 0.3 is 0 Å². The van der Waals surface area contributed by atoms with Crippen LogP contribution in [-0.2, 0) is 21.3 Å². The number of hydrogen-bond acceptors (Lipinski definition) is 6. The van der Waals surface area contributed by atoms with Crippen molar-refractivity contribution in [3.8, 4) is 0 Å². The van der Waals surface area contributed by atoms with Gasteiger partial charge in [0.2, 0.25) is 15.9 Å². The van der Waals surface area contributed by atoms with E-state index < -0.39 is 10.0 Å². The molecule has 1 saturated heterocycles. The minimum atomic E-state index is -3.36. The predicted octanol–water partition coefficient (Wildman–Crippen LogP) is 1.06. The summed E-state index contributed by atoms with van der Waals surface area (Å²) in [5.74, 6) is 1.79. The van der Waals surface area contributed by atoms with Gasteiger partial charge in [-0.2, -0.15) is 0 Å². The molecule has 156 valence electrons. The molecule has 1 fully saturated rings. The summed E-state index contributed by atoms with van der Waals surface area (Å²) in [6.07, 6.45) is 3.01. The van der Waals surface area contributed by atoms with Gasteiger partial charge in [-0.15, -0.1) is 24.0 Å². The second-order valence-corrected chi connectivity index (χ2v) is 8.18. The molecule has 0 radical (unpaired) electrons. The molecule has 3 N–H and O–H groups in total. The quantitative estimate of drug-likeness (QED) is 0.269. The second kappa shape index (κ2) is 11.8. The minimum Gasteiger partial charge on any atom is -0.444 e. The van der Waals surface area contributed by atoms with Crippen LogP contribution in [0.15, 0.2) is 9.41 Å². The Morgan fingerprint density at radius 1 is 1.30 bits per heavy atom. The van der Waals surface area contributed by atoms with Crippen molar-refractivity contribution in [3.05, 3.63) is 17.3 Å². The van der Waals surface area contributed by atoms with Crippen LogP contribution in [0.2, 0.25) is 0 Å². The van der Waals surface area contributed by atoms with E-state index in [9.17, 15) is 8.42 Å². The number of aliphatic imine (C=N–C) groups is 1. The zero-order chi connectivity index (χ0) is 19.0. The molecule has 0 aliphatic carbocycles. The summed E-state index contributed by atoms with van der Waals surface area (Å²) in [6, 6.07) is 0. The molecule has 0 amide bonds. The Kier molecular flexibility index (Phi) is 10.6. The lowest BCUT2D eigenvalue weighted by atomic mass is 10.1. The molecule has 1 atom stereocenters. The van der Waals surface area contributed by atoms with Crippen molar-refractivity contribution in [2.75, 3.05) is 32.5 Å². The van der Waals surface area contributed by atoms with E-state index in [-0.39, 0.29) is 42.4 Å². The van der Waals surface area contributed by atoms with E-state index in [2.05, 4.69) is 25.3 Å². The molecule has 1 unspecified atom stereocenters. The molecular formula is C16H30IN5O4S. The number of ether oxygens (including phenoxy) is 1. The van der Waals surface area contributed by atoms with Crippen LogP contribution in [0.4, 0.5) is 0 Å². The third-order valence-electron chi connectivity index (χ3n) is 4.17. The van der Waals surface area contributed by atoms with Crippen molar-refractivity contribution in [2.24, 2.45) is 4.99 Å². The largest absolute Gasteiger partial charge is 0.444 e. The third kappa shape index (κ3) is 8.75. The zero-order valence-corrected chi connectivity index (χ0v) is 19.2. The highest BCUT2D eigenvalue weighted by Crippen LogP contribution is 2.11. The van der Waals surface area contributed by atoms with Gasteiger partial charge in [0.25, 0.3) is 0 Å². The average Bonchev–Trinajstić information content (AvgIpc) is 2.95. The number of guanidine groups is 1. The Bertz CT molecular complexity index is 682. The van der Waals surface area contributed by atoms with E-state index in [4.69, 9.17) is 9.15 Å². The molecule has 0 bridgehead atoms. The lowest BCUT2D eigenvalue weighted by Crippen LogP contribution is -2.42. The minimum absolute atomic E-state index is 0. The Balaban J connectivity index is 0.00000364. The second-order valence-electron chi connectivity index (χ2n) is 6.26. The Morgan fingerprint density at radius 2 is 2.07 bits per heavy atom. The molecule has 0 aromatic carbocycles. The van der Waals surface area contributed by atoms with Crippen LogP contribution >= 0.6 is 24.0 Å². The first-order valence-corrected chi connectivity index (χ1v) is 10.5. The van der Waals surface area contributed by atoms with Gasteiger partial charge in [0.1, 0.15) is 5.76 Å². The Labute approximate surface area is 178 Å². The van der Waals surface area contributed by atoms with Gasteiger partial charge in [0, 0.05) is 26.7 Å². The van der Waals surface area contributed by atoms with Crippen LogP contribution in [0.1, 0.15) is 36.6 Å². The lowest BCUT2D eigenvalue weighted by molar-refractivity contribution is 0.0200. The van der Waals surface area contributed by atoms with Crippen molar-refractivity contribution in [3.63, 3.8) is 0 Å². The standard InChI is InChI=1S/C16H29N5O4S.HI/c1-12-13(2)25-15(21-12)11-19-16(17-3)18-7-9-26(22,23)20-10-14-6-4-5-8-24-14;/h14,20H,4-11H2,1-3H3,(H2,17,18,19);1H. The summed E-state index contributed by atoms with van der Waals surface area (Å²) < 4.78 is 37.8. The molecule has 0 saturated carbocycles. The molecule has 2 heterocycles.